The highest BCUT2D eigenvalue weighted by atomic mass is 33.1. The Bertz CT molecular complexity index is 2530. The number of carbonyl (C=O) groups is 4. The summed E-state index contributed by atoms with van der Waals surface area (Å²) in [6.07, 6.45) is 2.81. The van der Waals surface area contributed by atoms with E-state index in [0.717, 1.165) is 32.7 Å². The van der Waals surface area contributed by atoms with E-state index in [1.165, 1.54) is 64.6 Å². The van der Waals surface area contributed by atoms with Crippen molar-refractivity contribution < 1.29 is 29.4 Å². The minimum absolute atomic E-state index is 0.0420. The van der Waals surface area contributed by atoms with Gasteiger partial charge in [0.05, 0.1) is 0 Å². The van der Waals surface area contributed by atoms with Crippen molar-refractivity contribution in [3.8, 4) is 0 Å². The largest absolute Gasteiger partial charge is 0.480 e. The molecule has 0 aliphatic heterocycles. The van der Waals surface area contributed by atoms with Gasteiger partial charge in [0.15, 0.2) is 0 Å². The van der Waals surface area contributed by atoms with Crippen LogP contribution in [0.25, 0.3) is 64.6 Å². The maximum absolute atomic E-state index is 12.8. The smallest absolute Gasteiger partial charge is 0.327 e. The summed E-state index contributed by atoms with van der Waals surface area (Å²) < 4.78 is 0. The van der Waals surface area contributed by atoms with Gasteiger partial charge in [-0.3, -0.25) is 9.59 Å². The molecule has 10 heteroatoms. The highest BCUT2D eigenvalue weighted by Crippen LogP contribution is 2.38. The zero-order chi connectivity index (χ0) is 38.8. The topological polar surface area (TPSA) is 133 Å². The molecule has 0 radical (unpaired) electrons. The lowest BCUT2D eigenvalue weighted by molar-refractivity contribution is -0.141. The summed E-state index contributed by atoms with van der Waals surface area (Å²) in [6.45, 7) is 0. The third kappa shape index (κ3) is 7.63. The van der Waals surface area contributed by atoms with E-state index in [9.17, 15) is 29.4 Å². The fourth-order valence-corrected chi connectivity index (χ4v) is 10.3. The summed E-state index contributed by atoms with van der Waals surface area (Å²) >= 11 is 0. The van der Waals surface area contributed by atoms with E-state index in [2.05, 4.69) is 120 Å². The predicted molar refractivity (Wildman–Crippen MR) is 230 cm³/mol. The van der Waals surface area contributed by atoms with E-state index in [1.54, 1.807) is 0 Å². The molecule has 0 aliphatic carbocycles. The first-order valence-electron chi connectivity index (χ1n) is 18.8. The Kier molecular flexibility index (Phi) is 10.8. The third-order valence-corrected chi connectivity index (χ3v) is 13.2. The Labute approximate surface area is 331 Å². The van der Waals surface area contributed by atoms with E-state index >= 15 is 0 Å². The number of rotatable bonds is 17. The van der Waals surface area contributed by atoms with Crippen LogP contribution in [-0.2, 0) is 32.0 Å². The van der Waals surface area contributed by atoms with Crippen LogP contribution in [0.4, 0.5) is 0 Å². The number of aryl methyl sites for hydroxylation is 2. The number of hydrogen-bond acceptors (Lipinski definition) is 6. The fraction of sp³-hybridized carbons (Fsp3) is 0.217. The van der Waals surface area contributed by atoms with Gasteiger partial charge in [0.25, 0.3) is 0 Å². The van der Waals surface area contributed by atoms with E-state index in [1.807, 2.05) is 0 Å². The number of benzene rings is 8. The Morgan fingerprint density at radius 1 is 0.464 bits per heavy atom. The maximum Gasteiger partial charge on any atom is 0.327 e. The van der Waals surface area contributed by atoms with E-state index < -0.39 is 24.0 Å². The maximum atomic E-state index is 12.8. The molecule has 2 atom stereocenters. The van der Waals surface area contributed by atoms with Gasteiger partial charge in [0.2, 0.25) is 11.8 Å². The van der Waals surface area contributed by atoms with Gasteiger partial charge in [0, 0.05) is 24.3 Å². The van der Waals surface area contributed by atoms with E-state index in [4.69, 9.17) is 0 Å². The summed E-state index contributed by atoms with van der Waals surface area (Å²) in [4.78, 5) is 49.7. The highest BCUT2D eigenvalue weighted by Gasteiger charge is 2.23. The molecule has 0 saturated carbocycles. The van der Waals surface area contributed by atoms with Crippen molar-refractivity contribution in [3.05, 3.63) is 120 Å². The zero-order valence-corrected chi connectivity index (χ0v) is 32.2. The zero-order valence-electron chi connectivity index (χ0n) is 30.5. The normalized spacial score (nSPS) is 12.9. The van der Waals surface area contributed by atoms with E-state index in [-0.39, 0.29) is 36.2 Å². The minimum atomic E-state index is -1.16. The summed E-state index contributed by atoms with van der Waals surface area (Å²) in [5, 5.41) is 39.2. The first-order chi connectivity index (χ1) is 27.2. The van der Waals surface area contributed by atoms with Crippen molar-refractivity contribution in [2.45, 2.75) is 50.6 Å². The SMILES string of the molecule is O=C(CCCc1ccc2ccc3cccc4ccc1c2c34)NC(CSSCC(NC(=O)CCCc1ccc2ccc3cccc4ccc1c2c34)C(=O)O)C(=O)O. The number of carbonyl (C=O) groups excluding carboxylic acids is 2. The van der Waals surface area contributed by atoms with Gasteiger partial charge in [-0.25, -0.2) is 9.59 Å². The van der Waals surface area contributed by atoms with Crippen molar-refractivity contribution in [2.75, 3.05) is 11.5 Å². The molecule has 0 aliphatic rings. The summed E-state index contributed by atoms with van der Waals surface area (Å²) in [5.74, 6) is -2.94. The Morgan fingerprint density at radius 2 is 0.804 bits per heavy atom. The van der Waals surface area contributed by atoms with Gasteiger partial charge in [0.1, 0.15) is 12.1 Å². The van der Waals surface area contributed by atoms with Crippen molar-refractivity contribution in [2.24, 2.45) is 0 Å². The minimum Gasteiger partial charge on any atom is -0.480 e. The molecular formula is C46H40N2O6S2. The van der Waals surface area contributed by atoms with Crippen molar-refractivity contribution in [1.29, 1.82) is 0 Å². The second-order valence-corrected chi connectivity index (χ2v) is 16.9. The molecule has 2 amide bonds. The number of amides is 2. The average molecular weight is 781 g/mol. The van der Waals surface area contributed by atoms with Gasteiger partial charge >= 0.3 is 11.9 Å². The molecule has 0 aromatic heterocycles. The molecule has 8 aromatic rings. The van der Waals surface area contributed by atoms with Crippen LogP contribution in [0.3, 0.4) is 0 Å². The molecule has 56 heavy (non-hydrogen) atoms. The second-order valence-electron chi connectivity index (χ2n) is 14.4. The monoisotopic (exact) mass is 780 g/mol. The lowest BCUT2D eigenvalue weighted by Gasteiger charge is -2.17. The van der Waals surface area contributed by atoms with Crippen LogP contribution in [0.15, 0.2) is 109 Å². The standard InChI is InChI=1S/C46H40N2O6S2/c49-39(11-3-5-27-13-15-33-19-17-29-7-1-9-31-21-23-35(27)43(33)41(29)31)47-37(45(51)52)25-55-56-26-38(46(53)54)48-40(50)12-4-6-28-14-16-34-20-18-30-8-2-10-32-22-24-36(28)44(34)42(30)32/h1-2,7-10,13-24,37-38H,3-6,11-12,25-26H2,(H,47,49)(H,48,50)(H,51,52)(H,53,54). The lowest BCUT2D eigenvalue weighted by Crippen LogP contribution is -2.43. The first kappa shape index (κ1) is 37.3. The molecule has 2 unspecified atom stereocenters. The number of carboxylic acid groups (broad SMARTS) is 2. The molecule has 4 N–H and O–H groups in total. The van der Waals surface area contributed by atoms with Gasteiger partial charge in [-0.1, -0.05) is 131 Å². The molecule has 0 bridgehead atoms. The summed E-state index contributed by atoms with van der Waals surface area (Å²) in [6, 6.07) is 35.9. The predicted octanol–water partition coefficient (Wildman–Crippen LogP) is 9.35. The number of carboxylic acids is 2. The van der Waals surface area contributed by atoms with E-state index in [0.29, 0.717) is 25.7 Å². The Balaban J connectivity index is 0.789. The lowest BCUT2D eigenvalue weighted by atomic mass is 9.90. The molecule has 8 rings (SSSR count). The van der Waals surface area contributed by atoms with Gasteiger partial charge in [-0.15, -0.1) is 0 Å². The average Bonchev–Trinajstić information content (AvgIpc) is 3.20. The molecule has 0 fully saturated rings. The van der Waals surface area contributed by atoms with Crippen LogP contribution in [0.2, 0.25) is 0 Å². The van der Waals surface area contributed by atoms with Crippen LogP contribution < -0.4 is 10.6 Å². The molecule has 8 nitrogen and oxygen atoms in total. The quantitative estimate of drug-likeness (QED) is 0.0409. The van der Waals surface area contributed by atoms with Crippen LogP contribution in [0.5, 0.6) is 0 Å². The highest BCUT2D eigenvalue weighted by molar-refractivity contribution is 8.76. The van der Waals surface area contributed by atoms with Gasteiger partial charge in [-0.2, -0.15) is 0 Å². The Morgan fingerprint density at radius 3 is 1.18 bits per heavy atom. The van der Waals surface area contributed by atoms with Gasteiger partial charge < -0.3 is 20.8 Å². The third-order valence-electron chi connectivity index (χ3n) is 10.8. The fourth-order valence-electron chi connectivity index (χ4n) is 8.02. The molecule has 0 heterocycles. The van der Waals surface area contributed by atoms with Crippen molar-refractivity contribution in [3.63, 3.8) is 0 Å². The van der Waals surface area contributed by atoms with Gasteiger partial charge in [-0.05, 0) is 101 Å². The van der Waals surface area contributed by atoms with Crippen LogP contribution >= 0.6 is 21.6 Å². The molecule has 8 aromatic carbocycles. The molecule has 282 valence electrons. The summed E-state index contributed by atoms with van der Waals surface area (Å²) in [7, 11) is 2.31. The number of nitrogens with one attached hydrogen (secondary N) is 2. The van der Waals surface area contributed by atoms with Crippen LogP contribution in [0, 0.1) is 0 Å². The molecule has 0 spiro atoms. The number of hydrogen-bond donors (Lipinski definition) is 4. The molecule has 0 saturated heterocycles. The van der Waals surface area contributed by atoms with Crippen molar-refractivity contribution >= 4 is 110 Å². The van der Waals surface area contributed by atoms with Crippen molar-refractivity contribution in [1.82, 2.24) is 10.6 Å². The summed E-state index contributed by atoms with van der Waals surface area (Å²) in [5.41, 5.74) is 2.29. The first-order valence-corrected chi connectivity index (χ1v) is 21.3. The second kappa shape index (κ2) is 16.3. The molecular weight excluding hydrogens is 741 g/mol. The number of aliphatic carboxylic acids is 2. The van der Waals surface area contributed by atoms with Crippen LogP contribution in [-0.4, -0.2) is 57.6 Å². The Hall–Kier alpha value is -5.58. The van der Waals surface area contributed by atoms with Crippen LogP contribution in [0.1, 0.15) is 36.8 Å².